The van der Waals surface area contributed by atoms with Crippen molar-refractivity contribution in [2.75, 3.05) is 10.5 Å². The minimum absolute atomic E-state index is 0.0340. The van der Waals surface area contributed by atoms with Crippen molar-refractivity contribution in [2.45, 2.75) is 30.1 Å². The molecule has 0 spiro atoms. The van der Waals surface area contributed by atoms with Crippen LogP contribution in [0.4, 0.5) is 5.69 Å². The first-order valence-corrected chi connectivity index (χ1v) is 15.7. The Bertz CT molecular complexity index is 1720. The molecule has 3 aromatic carbocycles. The number of aromatic hydroxyl groups is 1. The van der Waals surface area contributed by atoms with Crippen LogP contribution in [-0.2, 0) is 26.3 Å². The van der Waals surface area contributed by atoms with E-state index in [0.717, 1.165) is 0 Å². The van der Waals surface area contributed by atoms with Crippen LogP contribution in [0.5, 0.6) is 5.75 Å². The average molecular weight is 671 g/mol. The number of phenolic OH excluding ortho intramolecular Hbond substituents is 1. The summed E-state index contributed by atoms with van der Waals surface area (Å²) < 4.78 is 59.1. The molecule has 8 nitrogen and oxygen atoms in total. The van der Waals surface area contributed by atoms with Crippen molar-refractivity contribution >= 4 is 74.2 Å². The van der Waals surface area contributed by atoms with Crippen LogP contribution in [-0.4, -0.2) is 33.5 Å². The van der Waals surface area contributed by atoms with E-state index >= 15 is 0 Å². The maximum Gasteiger partial charge on any atom is 0.262 e. The molecule has 0 bridgehead atoms. The van der Waals surface area contributed by atoms with Gasteiger partial charge in [0.1, 0.15) is 17.1 Å². The number of fused-ring (bicyclic) bond motifs is 1. The van der Waals surface area contributed by atoms with Gasteiger partial charge in [-0.15, -0.1) is 0 Å². The molecule has 0 radical (unpaired) electrons. The number of sulfonamides is 1. The Hall–Kier alpha value is -2.67. The highest BCUT2D eigenvalue weighted by atomic mass is 79.9. The maximum absolute atomic E-state index is 13.4. The van der Waals surface area contributed by atoms with Crippen LogP contribution in [0.25, 0.3) is 11.0 Å². The summed E-state index contributed by atoms with van der Waals surface area (Å²) in [5.41, 5.74) is 1.04. The summed E-state index contributed by atoms with van der Waals surface area (Å²) in [5.74, 6) is -0.0380. The van der Waals surface area contributed by atoms with Gasteiger partial charge in [-0.2, -0.15) is 0 Å². The van der Waals surface area contributed by atoms with Crippen LogP contribution in [0.3, 0.4) is 0 Å². The first-order chi connectivity index (χ1) is 17.4. The van der Waals surface area contributed by atoms with Gasteiger partial charge in [0.25, 0.3) is 10.0 Å². The fraction of sp³-hybridized carbons (Fsp3) is 0.160. The Balaban J connectivity index is 1.70. The third kappa shape index (κ3) is 5.33. The molecule has 0 aliphatic heterocycles. The molecule has 4 aromatic rings. The van der Waals surface area contributed by atoms with Gasteiger partial charge in [-0.1, -0.05) is 13.8 Å². The van der Waals surface area contributed by atoms with E-state index in [1.807, 2.05) is 6.92 Å². The van der Waals surface area contributed by atoms with Crippen molar-refractivity contribution in [1.29, 1.82) is 0 Å². The van der Waals surface area contributed by atoms with Crippen LogP contribution in [0.15, 0.2) is 77.8 Å². The lowest BCUT2D eigenvalue weighted by molar-refractivity contribution is 0.103. The van der Waals surface area contributed by atoms with Crippen molar-refractivity contribution in [3.8, 4) is 5.75 Å². The molecule has 0 aliphatic carbocycles. The average Bonchev–Trinajstić information content (AvgIpc) is 3.24. The number of benzene rings is 3. The number of hydrogen-bond donors (Lipinski definition) is 2. The number of ketones is 1. The van der Waals surface area contributed by atoms with Crippen molar-refractivity contribution in [3.63, 3.8) is 0 Å². The molecule has 0 atom stereocenters. The molecule has 194 valence electrons. The molecule has 1 heterocycles. The van der Waals surface area contributed by atoms with E-state index in [1.54, 1.807) is 0 Å². The van der Waals surface area contributed by atoms with Crippen LogP contribution in [0.2, 0.25) is 0 Å². The van der Waals surface area contributed by atoms with Gasteiger partial charge < -0.3 is 9.52 Å². The third-order valence-corrected chi connectivity index (χ3v) is 10.1. The molecule has 0 amide bonds. The number of halogens is 2. The van der Waals surface area contributed by atoms with Gasteiger partial charge in [0, 0.05) is 29.1 Å². The van der Waals surface area contributed by atoms with E-state index in [9.17, 15) is 26.7 Å². The highest BCUT2D eigenvalue weighted by Gasteiger charge is 2.25. The molecular weight excluding hydrogens is 650 g/mol. The van der Waals surface area contributed by atoms with Gasteiger partial charge >= 0.3 is 0 Å². The summed E-state index contributed by atoms with van der Waals surface area (Å²) in [6.45, 7) is 3.35. The topological polar surface area (TPSA) is 131 Å². The van der Waals surface area contributed by atoms with Gasteiger partial charge in [0.2, 0.25) is 0 Å². The SMILES string of the molecule is CCc1oc2cc(S(=O)(=O)Nc3ccc(S(=O)(=O)CC)cc3)ccc2c1C(=O)c1cc(Br)c(O)c(Br)c1. The van der Waals surface area contributed by atoms with Crippen LogP contribution < -0.4 is 4.72 Å². The molecule has 37 heavy (non-hydrogen) atoms. The number of sulfone groups is 1. The molecule has 2 N–H and O–H groups in total. The largest absolute Gasteiger partial charge is 0.506 e. The fourth-order valence-corrected chi connectivity index (χ4v) is 6.89. The minimum atomic E-state index is -4.04. The third-order valence-electron chi connectivity index (χ3n) is 5.72. The van der Waals surface area contributed by atoms with Crippen LogP contribution in [0.1, 0.15) is 35.5 Å². The molecule has 0 fully saturated rings. The summed E-state index contributed by atoms with van der Waals surface area (Å²) in [6.07, 6.45) is 0.392. The van der Waals surface area contributed by atoms with Gasteiger partial charge in [-0.3, -0.25) is 9.52 Å². The van der Waals surface area contributed by atoms with Crippen molar-refractivity contribution < 1.29 is 31.2 Å². The Kier molecular flexibility index (Phi) is 7.57. The first-order valence-electron chi connectivity index (χ1n) is 11.0. The number of phenols is 1. The van der Waals surface area contributed by atoms with Gasteiger partial charge in [-0.25, -0.2) is 16.8 Å². The predicted octanol–water partition coefficient (Wildman–Crippen LogP) is 6.05. The van der Waals surface area contributed by atoms with E-state index < -0.39 is 19.9 Å². The number of anilines is 1. The van der Waals surface area contributed by atoms with Gasteiger partial charge in [-0.05, 0) is 80.4 Å². The Morgan fingerprint density at radius 2 is 1.51 bits per heavy atom. The minimum Gasteiger partial charge on any atom is -0.506 e. The summed E-state index contributed by atoms with van der Waals surface area (Å²) in [5, 5.41) is 10.4. The molecule has 12 heteroatoms. The summed E-state index contributed by atoms with van der Waals surface area (Å²) in [7, 11) is -7.45. The van der Waals surface area contributed by atoms with Crippen molar-refractivity contribution in [2.24, 2.45) is 0 Å². The first kappa shape index (κ1) is 27.4. The normalized spacial score (nSPS) is 12.1. The lowest BCUT2D eigenvalue weighted by Gasteiger charge is -2.09. The summed E-state index contributed by atoms with van der Waals surface area (Å²) >= 11 is 6.46. The molecule has 0 saturated heterocycles. The molecule has 4 rings (SSSR count). The van der Waals surface area contributed by atoms with E-state index in [2.05, 4.69) is 36.6 Å². The highest BCUT2D eigenvalue weighted by molar-refractivity contribution is 9.11. The van der Waals surface area contributed by atoms with E-state index in [1.165, 1.54) is 61.5 Å². The standard InChI is InChI=1S/C25H21Br2NO7S2/c1-3-21-23(24(29)14-11-19(26)25(30)20(27)12-14)18-10-9-17(13-22(18)35-21)37(33,34)28-15-5-7-16(8-6-15)36(31,32)4-2/h5-13,28,30H,3-4H2,1-2H3. The molecule has 0 aliphatic rings. The van der Waals surface area contributed by atoms with Gasteiger partial charge in [0.05, 0.1) is 30.1 Å². The number of carbonyl (C=O) groups is 1. The van der Waals surface area contributed by atoms with Crippen LogP contribution >= 0.6 is 31.9 Å². The van der Waals surface area contributed by atoms with Gasteiger partial charge in [0.15, 0.2) is 15.6 Å². The predicted molar refractivity (Wildman–Crippen MR) is 148 cm³/mol. The lowest BCUT2D eigenvalue weighted by atomic mass is 9.99. The van der Waals surface area contributed by atoms with E-state index in [0.29, 0.717) is 37.6 Å². The molecule has 1 aromatic heterocycles. The second kappa shape index (κ2) is 10.2. The maximum atomic E-state index is 13.4. The van der Waals surface area contributed by atoms with Crippen molar-refractivity contribution in [3.05, 3.63) is 80.4 Å². The smallest absolute Gasteiger partial charge is 0.262 e. The molecule has 0 unspecified atom stereocenters. The molecule has 0 saturated carbocycles. The number of carbonyl (C=O) groups excluding carboxylic acids is 1. The number of aryl methyl sites for hydroxylation is 1. The zero-order chi connectivity index (χ0) is 27.1. The monoisotopic (exact) mass is 669 g/mol. The zero-order valence-electron chi connectivity index (χ0n) is 19.6. The quantitative estimate of drug-likeness (QED) is 0.218. The number of nitrogens with one attached hydrogen (secondary N) is 1. The number of rotatable bonds is 8. The zero-order valence-corrected chi connectivity index (χ0v) is 24.4. The lowest BCUT2D eigenvalue weighted by Crippen LogP contribution is -2.13. The Morgan fingerprint density at radius 3 is 2.08 bits per heavy atom. The number of hydrogen-bond acceptors (Lipinski definition) is 7. The summed E-state index contributed by atoms with van der Waals surface area (Å²) in [6, 6.07) is 12.7. The second-order valence-electron chi connectivity index (χ2n) is 8.06. The van der Waals surface area contributed by atoms with E-state index in [-0.39, 0.29) is 38.3 Å². The summed E-state index contributed by atoms with van der Waals surface area (Å²) in [4.78, 5) is 13.4. The Morgan fingerprint density at radius 1 is 0.919 bits per heavy atom. The van der Waals surface area contributed by atoms with Crippen LogP contribution in [0, 0.1) is 0 Å². The number of furan rings is 1. The highest BCUT2D eigenvalue weighted by Crippen LogP contribution is 2.36. The van der Waals surface area contributed by atoms with Crippen molar-refractivity contribution in [1.82, 2.24) is 0 Å². The molecular formula is C25H21Br2NO7S2. The second-order valence-corrected chi connectivity index (χ2v) is 13.7. The fourth-order valence-electron chi connectivity index (χ4n) is 3.74. The Labute approximate surface area is 230 Å². The van der Waals surface area contributed by atoms with E-state index in [4.69, 9.17) is 4.42 Å².